The number of aliphatic hydroxyl groups excluding tert-OH is 1. The molecule has 140 valence electrons. The summed E-state index contributed by atoms with van der Waals surface area (Å²) in [6.07, 6.45) is 5.82. The van der Waals surface area contributed by atoms with Crippen LogP contribution in [-0.4, -0.2) is 39.3 Å². The number of anilines is 3. The van der Waals surface area contributed by atoms with Gasteiger partial charge in [-0.1, -0.05) is 19.4 Å². The van der Waals surface area contributed by atoms with Crippen LogP contribution in [0.3, 0.4) is 0 Å². The molecule has 0 aliphatic carbocycles. The van der Waals surface area contributed by atoms with E-state index < -0.39 is 0 Å². The van der Waals surface area contributed by atoms with Crippen LogP contribution >= 0.6 is 0 Å². The number of nitrogens with zero attached hydrogens (tertiary/aromatic N) is 4. The van der Waals surface area contributed by atoms with E-state index in [4.69, 9.17) is 9.97 Å². The molecule has 1 saturated heterocycles. The van der Waals surface area contributed by atoms with Crippen LogP contribution in [-0.2, 0) is 6.42 Å². The topological polar surface area (TPSA) is 74.2 Å². The summed E-state index contributed by atoms with van der Waals surface area (Å²) >= 11 is 0. The van der Waals surface area contributed by atoms with E-state index in [1.165, 1.54) is 0 Å². The third kappa shape index (κ3) is 3.85. The smallest absolute Gasteiger partial charge is 0.229 e. The molecule has 1 fully saturated rings. The van der Waals surface area contributed by atoms with E-state index >= 15 is 0 Å². The number of benzene rings is 1. The van der Waals surface area contributed by atoms with Crippen molar-refractivity contribution in [1.82, 2.24) is 15.0 Å². The molecule has 2 N–H and O–H groups in total. The maximum absolute atomic E-state index is 9.67. The molecule has 0 amide bonds. The van der Waals surface area contributed by atoms with Crippen LogP contribution in [0.25, 0.3) is 10.9 Å². The average molecular weight is 363 g/mol. The highest BCUT2D eigenvalue weighted by molar-refractivity contribution is 5.82. The van der Waals surface area contributed by atoms with E-state index in [1.54, 1.807) is 6.20 Å². The molecule has 3 heterocycles. The van der Waals surface area contributed by atoms with Crippen molar-refractivity contribution < 1.29 is 5.11 Å². The highest BCUT2D eigenvalue weighted by Crippen LogP contribution is 2.27. The lowest BCUT2D eigenvalue weighted by Gasteiger charge is -2.25. The van der Waals surface area contributed by atoms with E-state index in [9.17, 15) is 5.11 Å². The van der Waals surface area contributed by atoms with Gasteiger partial charge in [0.15, 0.2) is 0 Å². The highest BCUT2D eigenvalue weighted by Gasteiger charge is 2.25. The minimum absolute atomic E-state index is 0.147. The Hall–Kier alpha value is -2.73. The maximum Gasteiger partial charge on any atom is 0.229 e. The van der Waals surface area contributed by atoms with E-state index in [0.29, 0.717) is 5.95 Å². The van der Waals surface area contributed by atoms with Gasteiger partial charge in [0.1, 0.15) is 5.82 Å². The van der Waals surface area contributed by atoms with Crippen molar-refractivity contribution in [3.8, 4) is 0 Å². The lowest BCUT2D eigenvalue weighted by Crippen LogP contribution is -2.33. The lowest BCUT2D eigenvalue weighted by molar-refractivity contribution is 0.266. The fraction of sp³-hybridized carbons (Fsp3) is 0.381. The zero-order chi connectivity index (χ0) is 18.6. The third-order valence-electron chi connectivity index (χ3n) is 5.01. The van der Waals surface area contributed by atoms with Crippen molar-refractivity contribution in [2.45, 2.75) is 38.6 Å². The first-order valence-corrected chi connectivity index (χ1v) is 9.64. The van der Waals surface area contributed by atoms with E-state index in [2.05, 4.69) is 34.3 Å². The van der Waals surface area contributed by atoms with Gasteiger partial charge >= 0.3 is 0 Å². The summed E-state index contributed by atoms with van der Waals surface area (Å²) < 4.78 is 0. The van der Waals surface area contributed by atoms with Gasteiger partial charge in [-0.05, 0) is 43.5 Å². The summed E-state index contributed by atoms with van der Waals surface area (Å²) in [6.45, 7) is 3.24. The number of nitrogens with one attached hydrogen (secondary N) is 1. The van der Waals surface area contributed by atoms with Gasteiger partial charge in [0.05, 0.1) is 18.2 Å². The zero-order valence-corrected chi connectivity index (χ0v) is 15.6. The van der Waals surface area contributed by atoms with Gasteiger partial charge in [-0.15, -0.1) is 0 Å². The number of fused-ring (bicyclic) bond motifs is 1. The Morgan fingerprint density at radius 3 is 3.00 bits per heavy atom. The second kappa shape index (κ2) is 7.88. The summed E-state index contributed by atoms with van der Waals surface area (Å²) in [5.74, 6) is 1.50. The van der Waals surface area contributed by atoms with Gasteiger partial charge in [-0.2, -0.15) is 4.98 Å². The molecule has 1 aliphatic heterocycles. The number of hydrogen-bond donors (Lipinski definition) is 2. The van der Waals surface area contributed by atoms with Gasteiger partial charge in [-0.25, -0.2) is 4.98 Å². The molecule has 0 saturated carbocycles. The number of pyridine rings is 1. The number of hydrogen-bond acceptors (Lipinski definition) is 6. The molecular formula is C21H25N5O. The van der Waals surface area contributed by atoms with Crippen molar-refractivity contribution in [3.63, 3.8) is 0 Å². The Kier molecular flexibility index (Phi) is 5.16. The van der Waals surface area contributed by atoms with Gasteiger partial charge in [-0.3, -0.25) is 4.98 Å². The van der Waals surface area contributed by atoms with Crippen molar-refractivity contribution >= 4 is 28.4 Å². The molecule has 6 heteroatoms. The van der Waals surface area contributed by atoms with Gasteiger partial charge in [0, 0.05) is 35.6 Å². The number of aryl methyl sites for hydroxylation is 1. The quantitative estimate of drug-likeness (QED) is 0.696. The van der Waals surface area contributed by atoms with Crippen molar-refractivity contribution in [3.05, 3.63) is 48.3 Å². The second-order valence-electron chi connectivity index (χ2n) is 7.00. The predicted octanol–water partition coefficient (Wildman–Crippen LogP) is 3.68. The standard InChI is InChI=1S/C21H25N5O/c1-2-5-16-13-20(26-11-4-7-18(26)14-27)25-21(23-16)24-17-8-9-19-15(12-17)6-3-10-22-19/h3,6,8-10,12-13,18,27H,2,4-5,7,11,14H2,1H3,(H,23,24,25)/t18-/m0/s1. The average Bonchev–Trinajstić information content (AvgIpc) is 3.17. The molecule has 2 aromatic heterocycles. The second-order valence-corrected chi connectivity index (χ2v) is 7.00. The molecule has 3 aromatic rings. The zero-order valence-electron chi connectivity index (χ0n) is 15.6. The Labute approximate surface area is 159 Å². The molecule has 0 bridgehead atoms. The first-order valence-electron chi connectivity index (χ1n) is 9.64. The van der Waals surface area contributed by atoms with Gasteiger partial charge in [0.2, 0.25) is 5.95 Å². The monoisotopic (exact) mass is 363 g/mol. The minimum Gasteiger partial charge on any atom is -0.394 e. The van der Waals surface area contributed by atoms with Crippen molar-refractivity contribution in [2.75, 3.05) is 23.4 Å². The van der Waals surface area contributed by atoms with Crippen LogP contribution < -0.4 is 10.2 Å². The number of rotatable bonds is 6. The van der Waals surface area contributed by atoms with Crippen LogP contribution in [0.5, 0.6) is 0 Å². The molecule has 27 heavy (non-hydrogen) atoms. The molecule has 0 spiro atoms. The Bertz CT molecular complexity index is 929. The summed E-state index contributed by atoms with van der Waals surface area (Å²) in [5, 5.41) is 14.1. The van der Waals surface area contributed by atoms with Gasteiger partial charge < -0.3 is 15.3 Å². The maximum atomic E-state index is 9.67. The summed E-state index contributed by atoms with van der Waals surface area (Å²) in [5.41, 5.74) is 2.93. The van der Waals surface area contributed by atoms with Gasteiger partial charge in [0.25, 0.3) is 0 Å². The lowest BCUT2D eigenvalue weighted by atomic mass is 10.2. The van der Waals surface area contributed by atoms with Crippen LogP contribution in [0.1, 0.15) is 31.9 Å². The summed E-state index contributed by atoms with van der Waals surface area (Å²) in [7, 11) is 0. The van der Waals surface area contributed by atoms with Crippen LogP contribution in [0, 0.1) is 0 Å². The Morgan fingerprint density at radius 1 is 1.22 bits per heavy atom. The van der Waals surface area contributed by atoms with Crippen LogP contribution in [0.2, 0.25) is 0 Å². The molecule has 0 radical (unpaired) electrons. The Balaban J connectivity index is 1.66. The molecule has 1 aromatic carbocycles. The third-order valence-corrected chi connectivity index (χ3v) is 5.01. The molecule has 4 rings (SSSR count). The largest absolute Gasteiger partial charge is 0.394 e. The van der Waals surface area contributed by atoms with Crippen molar-refractivity contribution in [1.29, 1.82) is 0 Å². The fourth-order valence-electron chi connectivity index (χ4n) is 3.68. The first kappa shape index (κ1) is 17.7. The molecule has 1 aliphatic rings. The summed E-state index contributed by atoms with van der Waals surface area (Å²) in [6, 6.07) is 12.2. The van der Waals surface area contributed by atoms with E-state index in [1.807, 2.05) is 24.3 Å². The van der Waals surface area contributed by atoms with E-state index in [0.717, 1.165) is 60.3 Å². The molecule has 6 nitrogen and oxygen atoms in total. The molecular weight excluding hydrogens is 338 g/mol. The van der Waals surface area contributed by atoms with E-state index in [-0.39, 0.29) is 12.6 Å². The first-order chi connectivity index (χ1) is 13.3. The Morgan fingerprint density at radius 2 is 2.15 bits per heavy atom. The SMILES string of the molecule is CCCc1cc(N2CCC[C@H]2CO)nc(Nc2ccc3ncccc3c2)n1. The summed E-state index contributed by atoms with van der Waals surface area (Å²) in [4.78, 5) is 16.0. The molecule has 1 atom stereocenters. The molecule has 0 unspecified atom stereocenters. The minimum atomic E-state index is 0.147. The van der Waals surface area contributed by atoms with Crippen LogP contribution in [0.4, 0.5) is 17.5 Å². The number of aliphatic hydroxyl groups is 1. The van der Waals surface area contributed by atoms with Crippen LogP contribution in [0.15, 0.2) is 42.6 Å². The number of aromatic nitrogens is 3. The van der Waals surface area contributed by atoms with Crippen molar-refractivity contribution in [2.24, 2.45) is 0 Å². The fourth-order valence-corrected chi connectivity index (χ4v) is 3.68. The predicted molar refractivity (Wildman–Crippen MR) is 109 cm³/mol. The normalized spacial score (nSPS) is 16.8. The highest BCUT2D eigenvalue weighted by atomic mass is 16.3.